The van der Waals surface area contributed by atoms with Crippen LogP contribution in [-0.4, -0.2) is 33.9 Å². The van der Waals surface area contributed by atoms with Crippen LogP contribution in [-0.2, 0) is 19.3 Å². The van der Waals surface area contributed by atoms with E-state index in [0.29, 0.717) is 0 Å². The third kappa shape index (κ3) is 5.45. The Morgan fingerprint density at radius 1 is 0.704 bits per heavy atom. The summed E-state index contributed by atoms with van der Waals surface area (Å²) in [6.07, 6.45) is -1.74. The Morgan fingerprint density at radius 3 is 1.33 bits per heavy atom. The van der Waals surface area contributed by atoms with Gasteiger partial charge in [-0.1, -0.05) is 0 Å². The highest BCUT2D eigenvalue weighted by Gasteiger charge is 2.18. The van der Waals surface area contributed by atoms with E-state index in [0.717, 1.165) is 0 Å². The van der Waals surface area contributed by atoms with Crippen LogP contribution in [0.3, 0.4) is 0 Å². The highest BCUT2D eigenvalue weighted by molar-refractivity contribution is 7.91. The van der Waals surface area contributed by atoms with Crippen molar-refractivity contribution in [3.05, 3.63) is 48.5 Å². The lowest BCUT2D eigenvalue weighted by atomic mass is 10.3. The number of carbonyl (C=O) groups is 2. The van der Waals surface area contributed by atoms with Crippen molar-refractivity contribution in [2.45, 2.75) is 23.6 Å². The fraction of sp³-hybridized carbons (Fsp3) is 0.222. The zero-order valence-corrected chi connectivity index (χ0v) is 15.5. The van der Waals surface area contributed by atoms with E-state index in [1.807, 2.05) is 0 Å². The first-order chi connectivity index (χ1) is 12.9. The second-order valence-corrected chi connectivity index (χ2v) is 6.97. The van der Waals surface area contributed by atoms with Crippen molar-refractivity contribution in [2.24, 2.45) is 0 Å². The molecular weight excluding hydrogens is 376 g/mol. The van der Waals surface area contributed by atoms with Crippen LogP contribution >= 0.6 is 0 Å². The van der Waals surface area contributed by atoms with Crippen LogP contribution in [0.5, 0.6) is 11.5 Å². The average molecular weight is 394 g/mol. The molecule has 0 aromatic heterocycles. The molecule has 0 amide bonds. The van der Waals surface area contributed by atoms with E-state index in [1.165, 1.54) is 48.5 Å². The fourth-order valence-electron chi connectivity index (χ4n) is 2.00. The van der Waals surface area contributed by atoms with Crippen LogP contribution in [0.2, 0.25) is 0 Å². The van der Waals surface area contributed by atoms with Gasteiger partial charge in [-0.3, -0.25) is 0 Å². The topological polar surface area (TPSA) is 105 Å². The molecule has 2 aromatic rings. The van der Waals surface area contributed by atoms with Crippen molar-refractivity contribution in [1.82, 2.24) is 0 Å². The van der Waals surface area contributed by atoms with Crippen LogP contribution in [0, 0.1) is 0 Å². The molecule has 0 atom stereocenters. The largest absolute Gasteiger partial charge is 0.513 e. The van der Waals surface area contributed by atoms with Gasteiger partial charge < -0.3 is 18.9 Å². The highest BCUT2D eigenvalue weighted by atomic mass is 32.2. The van der Waals surface area contributed by atoms with Gasteiger partial charge in [-0.2, -0.15) is 0 Å². The summed E-state index contributed by atoms with van der Waals surface area (Å²) in [7, 11) is -3.79. The van der Waals surface area contributed by atoms with Gasteiger partial charge in [0, 0.05) is 0 Å². The van der Waals surface area contributed by atoms with Gasteiger partial charge in [0.05, 0.1) is 23.0 Å². The van der Waals surface area contributed by atoms with Crippen molar-refractivity contribution in [2.75, 3.05) is 13.2 Å². The number of hydrogen-bond acceptors (Lipinski definition) is 8. The molecule has 0 spiro atoms. The Kier molecular flexibility index (Phi) is 6.78. The lowest BCUT2D eigenvalue weighted by Gasteiger charge is -2.08. The van der Waals surface area contributed by atoms with E-state index in [1.54, 1.807) is 13.8 Å². The summed E-state index contributed by atoms with van der Waals surface area (Å²) >= 11 is 0. The quantitative estimate of drug-likeness (QED) is 0.541. The molecule has 0 fully saturated rings. The van der Waals surface area contributed by atoms with Crippen molar-refractivity contribution >= 4 is 22.1 Å². The summed E-state index contributed by atoms with van der Waals surface area (Å²) in [5.74, 6) is 0.316. The minimum atomic E-state index is -3.79. The number of rotatable bonds is 6. The molecule has 0 N–H and O–H groups in total. The van der Waals surface area contributed by atoms with Gasteiger partial charge in [0.15, 0.2) is 0 Å². The van der Waals surface area contributed by atoms with E-state index in [2.05, 4.69) is 9.47 Å². The van der Waals surface area contributed by atoms with Crippen LogP contribution in [0.1, 0.15) is 13.8 Å². The van der Waals surface area contributed by atoms with Gasteiger partial charge >= 0.3 is 12.3 Å². The smallest absolute Gasteiger partial charge is 0.434 e. The minimum absolute atomic E-state index is 0.0118. The molecule has 0 aliphatic rings. The summed E-state index contributed by atoms with van der Waals surface area (Å²) in [5, 5.41) is 0. The number of carbonyl (C=O) groups excluding carboxylic acids is 2. The fourth-order valence-corrected chi connectivity index (χ4v) is 3.26. The molecule has 8 nitrogen and oxygen atoms in total. The Morgan fingerprint density at radius 2 is 1.04 bits per heavy atom. The lowest BCUT2D eigenvalue weighted by molar-refractivity contribution is 0.103. The molecule has 144 valence electrons. The Hall–Kier alpha value is -3.07. The maximum Gasteiger partial charge on any atom is 0.513 e. The molecule has 0 unspecified atom stereocenters. The monoisotopic (exact) mass is 394 g/mol. The Balaban J connectivity index is 2.13. The number of benzene rings is 2. The number of ether oxygens (including phenoxy) is 4. The van der Waals surface area contributed by atoms with Crippen molar-refractivity contribution < 1.29 is 37.0 Å². The minimum Gasteiger partial charge on any atom is -0.434 e. The van der Waals surface area contributed by atoms with E-state index < -0.39 is 22.1 Å². The van der Waals surface area contributed by atoms with Crippen molar-refractivity contribution in [3.8, 4) is 11.5 Å². The second-order valence-electron chi connectivity index (χ2n) is 5.02. The summed E-state index contributed by atoms with van der Waals surface area (Å²) in [6, 6.07) is 10.6. The van der Waals surface area contributed by atoms with E-state index in [4.69, 9.17) is 9.47 Å². The maximum atomic E-state index is 12.6. The SMILES string of the molecule is CCOC(=O)Oc1ccc(S(=O)(=O)c2ccc(OC(=O)OCC)cc2)cc1. The number of sulfone groups is 1. The molecule has 0 heterocycles. The van der Waals surface area contributed by atoms with Crippen LogP contribution < -0.4 is 9.47 Å². The first kappa shape index (κ1) is 20.2. The first-order valence-electron chi connectivity index (χ1n) is 8.01. The van der Waals surface area contributed by atoms with E-state index in [-0.39, 0.29) is 34.5 Å². The van der Waals surface area contributed by atoms with Gasteiger partial charge in [-0.15, -0.1) is 0 Å². The predicted octanol–water partition coefficient (Wildman–Crippen LogP) is 3.59. The molecule has 9 heteroatoms. The molecule has 2 aromatic carbocycles. The Labute approximate surface area is 156 Å². The van der Waals surface area contributed by atoms with Gasteiger partial charge in [-0.25, -0.2) is 18.0 Å². The van der Waals surface area contributed by atoms with E-state index >= 15 is 0 Å². The van der Waals surface area contributed by atoms with Gasteiger partial charge in [0.1, 0.15) is 11.5 Å². The van der Waals surface area contributed by atoms with Gasteiger partial charge in [0.2, 0.25) is 9.84 Å². The molecule has 0 aliphatic carbocycles. The molecule has 0 saturated carbocycles. The summed E-state index contributed by atoms with van der Waals surface area (Å²) in [6.45, 7) is 3.61. The molecule has 0 bridgehead atoms. The molecular formula is C18H18O8S. The second kappa shape index (κ2) is 9.04. The predicted molar refractivity (Wildman–Crippen MR) is 93.6 cm³/mol. The highest BCUT2D eigenvalue weighted by Crippen LogP contribution is 2.25. The summed E-state index contributed by atoms with van der Waals surface area (Å²) in [5.41, 5.74) is 0. The van der Waals surface area contributed by atoms with Crippen LogP contribution in [0.4, 0.5) is 9.59 Å². The molecule has 27 heavy (non-hydrogen) atoms. The van der Waals surface area contributed by atoms with Gasteiger partial charge in [0.25, 0.3) is 0 Å². The van der Waals surface area contributed by atoms with Crippen LogP contribution in [0.15, 0.2) is 58.3 Å². The first-order valence-corrected chi connectivity index (χ1v) is 9.49. The average Bonchev–Trinajstić information content (AvgIpc) is 2.63. The molecule has 0 radical (unpaired) electrons. The molecule has 0 aliphatic heterocycles. The molecule has 0 saturated heterocycles. The normalized spacial score (nSPS) is 10.7. The maximum absolute atomic E-state index is 12.6. The lowest BCUT2D eigenvalue weighted by Crippen LogP contribution is -2.10. The zero-order valence-electron chi connectivity index (χ0n) is 14.7. The van der Waals surface area contributed by atoms with E-state index in [9.17, 15) is 18.0 Å². The zero-order chi connectivity index (χ0) is 19.9. The summed E-state index contributed by atoms with van der Waals surface area (Å²) < 4.78 is 44.3. The molecule has 2 rings (SSSR count). The third-order valence-electron chi connectivity index (χ3n) is 3.19. The summed E-state index contributed by atoms with van der Waals surface area (Å²) in [4.78, 5) is 22.5. The van der Waals surface area contributed by atoms with Crippen LogP contribution in [0.25, 0.3) is 0 Å². The standard InChI is InChI=1S/C18H18O8S/c1-3-23-17(19)25-13-5-9-15(10-6-13)27(21,22)16-11-7-14(8-12-16)26-18(20)24-4-2/h5-12H,3-4H2,1-2H3. The third-order valence-corrected chi connectivity index (χ3v) is 4.98. The van der Waals surface area contributed by atoms with Crippen molar-refractivity contribution in [3.63, 3.8) is 0 Å². The van der Waals surface area contributed by atoms with Gasteiger partial charge in [-0.05, 0) is 62.4 Å². The number of hydrogen-bond donors (Lipinski definition) is 0. The van der Waals surface area contributed by atoms with Crippen molar-refractivity contribution in [1.29, 1.82) is 0 Å². The Bertz CT molecular complexity index is 816.